The van der Waals surface area contributed by atoms with Crippen molar-refractivity contribution in [2.24, 2.45) is 0 Å². The topological polar surface area (TPSA) is 66.9 Å². The van der Waals surface area contributed by atoms with E-state index in [1.54, 1.807) is 41.9 Å². The van der Waals surface area contributed by atoms with Crippen molar-refractivity contribution >= 4 is 28.9 Å². The Balaban J connectivity index is 1.59. The van der Waals surface area contributed by atoms with Gasteiger partial charge in [0.15, 0.2) is 0 Å². The predicted molar refractivity (Wildman–Crippen MR) is 92.1 cm³/mol. The minimum atomic E-state index is -0.0841. The zero-order chi connectivity index (χ0) is 15.9. The average molecular weight is 324 g/mol. The van der Waals surface area contributed by atoms with Crippen LogP contribution in [-0.4, -0.2) is 22.4 Å². The van der Waals surface area contributed by atoms with Crippen molar-refractivity contribution in [1.29, 1.82) is 0 Å². The molecular weight excluding hydrogens is 308 g/mol. The van der Waals surface area contributed by atoms with Crippen molar-refractivity contribution in [3.05, 3.63) is 70.7 Å². The standard InChI is InChI=1S/C17H16N4OS/c22-16(18-10-7-15-6-2-11-23-15)13-4-1-5-14(12-13)21-17-19-8-3-9-20-17/h1-6,8-9,11-12H,7,10H2,(H,18,22)(H,19,20,21). The van der Waals surface area contributed by atoms with Crippen LogP contribution in [0, 0.1) is 0 Å². The second-order valence-electron chi connectivity index (χ2n) is 4.86. The number of rotatable bonds is 6. The predicted octanol–water partition coefficient (Wildman–Crippen LogP) is 3.25. The molecule has 0 spiro atoms. The van der Waals surface area contributed by atoms with Crippen LogP contribution in [0.3, 0.4) is 0 Å². The Morgan fingerprint density at radius 2 is 1.96 bits per heavy atom. The van der Waals surface area contributed by atoms with Gasteiger partial charge in [-0.2, -0.15) is 0 Å². The smallest absolute Gasteiger partial charge is 0.251 e. The van der Waals surface area contributed by atoms with Gasteiger partial charge >= 0.3 is 0 Å². The number of nitrogens with one attached hydrogen (secondary N) is 2. The molecule has 2 heterocycles. The molecule has 0 saturated carbocycles. The van der Waals surface area contributed by atoms with E-state index in [1.807, 2.05) is 23.6 Å². The Morgan fingerprint density at radius 1 is 1.09 bits per heavy atom. The monoisotopic (exact) mass is 324 g/mol. The van der Waals surface area contributed by atoms with Gasteiger partial charge in [-0.25, -0.2) is 9.97 Å². The number of benzene rings is 1. The van der Waals surface area contributed by atoms with E-state index in [0.29, 0.717) is 18.1 Å². The van der Waals surface area contributed by atoms with Gasteiger partial charge in [0.2, 0.25) is 5.95 Å². The molecule has 0 fully saturated rings. The molecule has 0 aliphatic heterocycles. The number of hydrogen-bond donors (Lipinski definition) is 2. The first kappa shape index (κ1) is 15.2. The first-order chi connectivity index (χ1) is 11.3. The van der Waals surface area contributed by atoms with Gasteiger partial charge in [-0.1, -0.05) is 12.1 Å². The first-order valence-corrected chi connectivity index (χ1v) is 8.14. The number of carbonyl (C=O) groups is 1. The number of hydrogen-bond acceptors (Lipinski definition) is 5. The van der Waals surface area contributed by atoms with Gasteiger partial charge in [-0.15, -0.1) is 11.3 Å². The average Bonchev–Trinajstić information content (AvgIpc) is 3.09. The Bertz CT molecular complexity index is 759. The van der Waals surface area contributed by atoms with E-state index in [0.717, 1.165) is 12.1 Å². The van der Waals surface area contributed by atoms with Gasteiger partial charge < -0.3 is 10.6 Å². The van der Waals surface area contributed by atoms with Crippen molar-refractivity contribution < 1.29 is 4.79 Å². The maximum atomic E-state index is 12.2. The second-order valence-corrected chi connectivity index (χ2v) is 5.90. The van der Waals surface area contributed by atoms with Crippen LogP contribution in [0.25, 0.3) is 0 Å². The number of thiophene rings is 1. The molecule has 2 N–H and O–H groups in total. The van der Waals surface area contributed by atoms with Gasteiger partial charge in [0.1, 0.15) is 0 Å². The quantitative estimate of drug-likeness (QED) is 0.730. The van der Waals surface area contributed by atoms with Crippen LogP contribution < -0.4 is 10.6 Å². The molecule has 1 aromatic carbocycles. The van der Waals surface area contributed by atoms with Crippen LogP contribution in [0.4, 0.5) is 11.6 Å². The molecule has 116 valence electrons. The van der Waals surface area contributed by atoms with Crippen molar-refractivity contribution in [3.63, 3.8) is 0 Å². The van der Waals surface area contributed by atoms with E-state index in [9.17, 15) is 4.79 Å². The van der Waals surface area contributed by atoms with Crippen LogP contribution in [-0.2, 0) is 6.42 Å². The maximum Gasteiger partial charge on any atom is 0.251 e. The minimum Gasteiger partial charge on any atom is -0.352 e. The minimum absolute atomic E-state index is 0.0841. The Hall–Kier alpha value is -2.73. The second kappa shape index (κ2) is 7.51. The van der Waals surface area contributed by atoms with Crippen LogP contribution in [0.2, 0.25) is 0 Å². The lowest BCUT2D eigenvalue weighted by atomic mass is 10.2. The molecule has 5 nitrogen and oxygen atoms in total. The maximum absolute atomic E-state index is 12.2. The molecule has 0 saturated heterocycles. The first-order valence-electron chi connectivity index (χ1n) is 7.26. The lowest BCUT2D eigenvalue weighted by Crippen LogP contribution is -2.25. The highest BCUT2D eigenvalue weighted by atomic mass is 32.1. The fourth-order valence-corrected chi connectivity index (χ4v) is 2.80. The summed E-state index contributed by atoms with van der Waals surface area (Å²) in [6.45, 7) is 0.624. The zero-order valence-electron chi connectivity index (χ0n) is 12.4. The van der Waals surface area contributed by atoms with Crippen LogP contribution >= 0.6 is 11.3 Å². The van der Waals surface area contributed by atoms with Crippen molar-refractivity contribution in [2.75, 3.05) is 11.9 Å². The number of amides is 1. The molecule has 0 radical (unpaired) electrons. The molecule has 2 aromatic heterocycles. The highest BCUT2D eigenvalue weighted by Gasteiger charge is 2.06. The summed E-state index contributed by atoms with van der Waals surface area (Å²) in [7, 11) is 0. The fourth-order valence-electron chi connectivity index (χ4n) is 2.09. The molecule has 3 rings (SSSR count). The van der Waals surface area contributed by atoms with Crippen molar-refractivity contribution in [2.45, 2.75) is 6.42 Å². The number of carbonyl (C=O) groups excluding carboxylic acids is 1. The normalized spacial score (nSPS) is 10.3. The van der Waals surface area contributed by atoms with Crippen molar-refractivity contribution in [3.8, 4) is 0 Å². The lowest BCUT2D eigenvalue weighted by molar-refractivity contribution is 0.0954. The van der Waals surface area contributed by atoms with E-state index in [2.05, 4.69) is 26.7 Å². The SMILES string of the molecule is O=C(NCCc1cccs1)c1cccc(Nc2ncccn2)c1. The summed E-state index contributed by atoms with van der Waals surface area (Å²) in [5.74, 6) is 0.418. The van der Waals surface area contributed by atoms with Crippen molar-refractivity contribution in [1.82, 2.24) is 15.3 Å². The van der Waals surface area contributed by atoms with E-state index < -0.39 is 0 Å². The summed E-state index contributed by atoms with van der Waals surface area (Å²) < 4.78 is 0. The van der Waals surface area contributed by atoms with Gasteiger partial charge in [-0.05, 0) is 42.1 Å². The highest BCUT2D eigenvalue weighted by Crippen LogP contribution is 2.14. The van der Waals surface area contributed by atoms with E-state index in [1.165, 1.54) is 4.88 Å². The molecule has 3 aromatic rings. The third-order valence-electron chi connectivity index (χ3n) is 3.18. The molecular formula is C17H16N4OS. The summed E-state index contributed by atoms with van der Waals surface area (Å²) in [4.78, 5) is 21.7. The molecule has 0 bridgehead atoms. The van der Waals surface area contributed by atoms with Gasteiger partial charge in [0, 0.05) is 35.1 Å². The molecule has 0 atom stereocenters. The zero-order valence-corrected chi connectivity index (χ0v) is 13.2. The summed E-state index contributed by atoms with van der Waals surface area (Å²) in [6.07, 6.45) is 4.17. The Kier molecular flexibility index (Phi) is 4.95. The largest absolute Gasteiger partial charge is 0.352 e. The summed E-state index contributed by atoms with van der Waals surface area (Å²) in [5.41, 5.74) is 1.39. The fraction of sp³-hybridized carbons (Fsp3) is 0.118. The van der Waals surface area contributed by atoms with E-state index >= 15 is 0 Å². The van der Waals surface area contributed by atoms with Gasteiger partial charge in [0.25, 0.3) is 5.91 Å². The van der Waals surface area contributed by atoms with Crippen LogP contribution in [0.15, 0.2) is 60.2 Å². The third kappa shape index (κ3) is 4.37. The molecule has 6 heteroatoms. The Morgan fingerprint density at radius 3 is 2.74 bits per heavy atom. The van der Waals surface area contributed by atoms with Gasteiger partial charge in [-0.3, -0.25) is 4.79 Å². The summed E-state index contributed by atoms with van der Waals surface area (Å²) >= 11 is 1.70. The molecule has 0 unspecified atom stereocenters. The number of anilines is 2. The Labute approximate surface area is 138 Å². The van der Waals surface area contributed by atoms with E-state index in [4.69, 9.17) is 0 Å². The molecule has 0 aliphatic rings. The third-order valence-corrected chi connectivity index (χ3v) is 4.12. The molecule has 1 amide bonds. The van der Waals surface area contributed by atoms with Gasteiger partial charge in [0.05, 0.1) is 0 Å². The number of nitrogens with zero attached hydrogens (tertiary/aromatic N) is 2. The highest BCUT2D eigenvalue weighted by molar-refractivity contribution is 7.09. The van der Waals surface area contributed by atoms with Crippen LogP contribution in [0.1, 0.15) is 15.2 Å². The molecule has 0 aliphatic carbocycles. The lowest BCUT2D eigenvalue weighted by Gasteiger charge is -2.07. The number of aromatic nitrogens is 2. The molecule has 23 heavy (non-hydrogen) atoms. The summed E-state index contributed by atoms with van der Waals surface area (Å²) in [5, 5.41) is 8.05. The van der Waals surface area contributed by atoms with Crippen LogP contribution in [0.5, 0.6) is 0 Å². The van der Waals surface area contributed by atoms with E-state index in [-0.39, 0.29) is 5.91 Å². The summed E-state index contributed by atoms with van der Waals surface area (Å²) in [6, 6.07) is 13.1.